The molecule has 0 aliphatic rings. The van der Waals surface area contributed by atoms with Crippen LogP contribution in [0.5, 0.6) is 0 Å². The fourth-order valence-corrected chi connectivity index (χ4v) is 0.495. The van der Waals surface area contributed by atoms with Crippen molar-refractivity contribution in [3.8, 4) is 0 Å². The molecule has 0 spiro atoms. The van der Waals surface area contributed by atoms with Crippen molar-refractivity contribution in [3.63, 3.8) is 0 Å². The second kappa shape index (κ2) is 6.23. The van der Waals surface area contributed by atoms with Gasteiger partial charge >= 0.3 is 34.5 Å². The summed E-state index contributed by atoms with van der Waals surface area (Å²) in [4.78, 5) is 0. The zero-order valence-corrected chi connectivity index (χ0v) is 10.8. The van der Waals surface area contributed by atoms with E-state index in [1.165, 1.54) is 20.9 Å². The SMILES string of the molecule is Cc1c[c-]ccc1F.[Zn+][I]. The summed E-state index contributed by atoms with van der Waals surface area (Å²) in [6, 6.07) is 7.34. The molecule has 0 N–H and O–H groups in total. The Kier molecular flexibility index (Phi) is 6.54. The fraction of sp³-hybridized carbons (Fsp3) is 0.143. The molecule has 0 heterocycles. The molecule has 0 bridgehead atoms. The van der Waals surface area contributed by atoms with Crippen molar-refractivity contribution in [2.45, 2.75) is 6.92 Å². The van der Waals surface area contributed by atoms with Crippen molar-refractivity contribution in [2.24, 2.45) is 0 Å². The number of rotatable bonds is 0. The Morgan fingerprint density at radius 1 is 1.60 bits per heavy atom. The molecule has 50 valence electrons. The van der Waals surface area contributed by atoms with E-state index in [0.29, 0.717) is 5.56 Å². The van der Waals surface area contributed by atoms with Crippen LogP contribution in [-0.4, -0.2) is 0 Å². The number of hydrogen-bond acceptors (Lipinski definition) is 0. The summed E-state index contributed by atoms with van der Waals surface area (Å²) >= 11 is 3.62. The second-order valence-corrected chi connectivity index (χ2v) is 1.68. The Labute approximate surface area is 81.1 Å². The molecule has 1 rings (SSSR count). The molecule has 1 aromatic rings. The van der Waals surface area contributed by atoms with E-state index in [4.69, 9.17) is 0 Å². The summed E-state index contributed by atoms with van der Waals surface area (Å²) in [5, 5.41) is 0. The zero-order chi connectivity index (χ0) is 7.98. The minimum absolute atomic E-state index is 0.163. The Bertz CT molecular complexity index is 170. The maximum absolute atomic E-state index is 12.3. The van der Waals surface area contributed by atoms with Crippen LogP contribution in [0.2, 0.25) is 0 Å². The number of aryl methyl sites for hydroxylation is 1. The van der Waals surface area contributed by atoms with Gasteiger partial charge in [0.1, 0.15) is 0 Å². The number of benzene rings is 1. The third kappa shape index (κ3) is 3.62. The molecular formula is C7H6FIZn. The van der Waals surface area contributed by atoms with E-state index >= 15 is 0 Å². The standard InChI is InChI=1S/C7H6F.HI.Zn/c1-6-4-2-3-5-7(6)8;;/h3-5H,1H3;1H;/q-1;;+2/p-1. The first-order valence-corrected chi connectivity index (χ1v) is 11.7. The first-order chi connectivity index (χ1) is 4.80. The normalized spacial score (nSPS) is 8.10. The average Bonchev–Trinajstić information content (AvgIpc) is 2.00. The van der Waals surface area contributed by atoms with E-state index in [9.17, 15) is 4.39 Å². The minimum atomic E-state index is -0.163. The van der Waals surface area contributed by atoms with Gasteiger partial charge in [0.25, 0.3) is 0 Å². The second-order valence-electron chi connectivity index (χ2n) is 1.68. The van der Waals surface area contributed by atoms with Gasteiger partial charge < -0.3 is 0 Å². The van der Waals surface area contributed by atoms with E-state index in [1.807, 2.05) is 0 Å². The molecule has 1 aromatic carbocycles. The molecule has 0 radical (unpaired) electrons. The number of hydrogen-bond donors (Lipinski definition) is 0. The Hall–Kier alpha value is 0.503. The van der Waals surface area contributed by atoms with Crippen molar-refractivity contribution in [2.75, 3.05) is 0 Å². The van der Waals surface area contributed by atoms with Crippen molar-refractivity contribution in [3.05, 3.63) is 35.6 Å². The molecule has 0 aromatic heterocycles. The van der Waals surface area contributed by atoms with E-state index in [2.05, 4.69) is 25.8 Å². The predicted octanol–water partition coefficient (Wildman–Crippen LogP) is 2.82. The van der Waals surface area contributed by atoms with Gasteiger partial charge in [-0.25, -0.2) is 4.39 Å². The third-order valence-corrected chi connectivity index (χ3v) is 1.00. The predicted molar refractivity (Wildman–Crippen MR) is 44.0 cm³/mol. The molecule has 0 amide bonds. The summed E-state index contributed by atoms with van der Waals surface area (Å²) < 4.78 is 12.3. The Morgan fingerprint density at radius 3 is 2.50 bits per heavy atom. The van der Waals surface area contributed by atoms with Crippen molar-refractivity contribution >= 4 is 19.8 Å². The van der Waals surface area contributed by atoms with Crippen LogP contribution in [0.4, 0.5) is 4.39 Å². The average molecular weight is 301 g/mol. The van der Waals surface area contributed by atoms with Crippen LogP contribution >= 0.6 is 19.8 Å². The van der Waals surface area contributed by atoms with Crippen LogP contribution in [-0.2, 0) is 14.8 Å². The molecule has 10 heavy (non-hydrogen) atoms. The molecule has 0 aliphatic carbocycles. The van der Waals surface area contributed by atoms with Gasteiger partial charge in [0.15, 0.2) is 0 Å². The van der Waals surface area contributed by atoms with Crippen LogP contribution in [0.3, 0.4) is 0 Å². The van der Waals surface area contributed by atoms with E-state index < -0.39 is 0 Å². The van der Waals surface area contributed by atoms with Crippen molar-refractivity contribution < 1.29 is 19.2 Å². The summed E-state index contributed by atoms with van der Waals surface area (Å²) in [6.07, 6.45) is 0. The van der Waals surface area contributed by atoms with Gasteiger partial charge in [0.05, 0.1) is 0 Å². The molecule has 0 saturated heterocycles. The fourth-order valence-electron chi connectivity index (χ4n) is 0.495. The van der Waals surface area contributed by atoms with Crippen LogP contribution in [0.15, 0.2) is 18.2 Å². The Balaban J connectivity index is 0.000000371. The van der Waals surface area contributed by atoms with E-state index in [1.54, 1.807) is 19.1 Å². The van der Waals surface area contributed by atoms with Crippen LogP contribution in [0, 0.1) is 18.8 Å². The first-order valence-electron chi connectivity index (χ1n) is 2.69. The van der Waals surface area contributed by atoms with Gasteiger partial charge in [-0.2, -0.15) is 18.2 Å². The van der Waals surface area contributed by atoms with Gasteiger partial charge in [-0.3, -0.25) is 0 Å². The molecule has 0 atom stereocenters. The van der Waals surface area contributed by atoms with E-state index in [0.717, 1.165) is 0 Å². The molecular weight excluding hydrogens is 295 g/mol. The van der Waals surface area contributed by atoms with E-state index in [-0.39, 0.29) is 5.82 Å². The molecule has 0 unspecified atom stereocenters. The van der Waals surface area contributed by atoms with Crippen LogP contribution in [0.1, 0.15) is 5.56 Å². The maximum atomic E-state index is 12.3. The first kappa shape index (κ1) is 10.5. The van der Waals surface area contributed by atoms with Crippen LogP contribution < -0.4 is 0 Å². The molecule has 0 nitrogen and oxygen atoms in total. The molecule has 3 heteroatoms. The summed E-state index contributed by atoms with van der Waals surface area (Å²) in [5.74, 6) is -0.163. The van der Waals surface area contributed by atoms with Crippen molar-refractivity contribution in [1.29, 1.82) is 0 Å². The van der Waals surface area contributed by atoms with Gasteiger partial charge in [-0.1, -0.05) is 6.92 Å². The van der Waals surface area contributed by atoms with Gasteiger partial charge in [-0.05, 0) is 0 Å². The van der Waals surface area contributed by atoms with Crippen LogP contribution in [0.25, 0.3) is 0 Å². The molecule has 0 aliphatic heterocycles. The summed E-state index contributed by atoms with van der Waals surface area (Å²) in [7, 11) is 0. The van der Waals surface area contributed by atoms with Gasteiger partial charge in [0.2, 0.25) is 0 Å². The van der Waals surface area contributed by atoms with Gasteiger partial charge in [0, 0.05) is 5.82 Å². The quantitative estimate of drug-likeness (QED) is 0.393. The molecule has 0 saturated carbocycles. The summed E-state index contributed by atoms with van der Waals surface area (Å²) in [5.41, 5.74) is 0.646. The topological polar surface area (TPSA) is 0 Å². The van der Waals surface area contributed by atoms with Gasteiger partial charge in [-0.15, -0.1) is 11.6 Å². The third-order valence-electron chi connectivity index (χ3n) is 1.00. The summed E-state index contributed by atoms with van der Waals surface area (Å²) in [6.45, 7) is 1.71. The zero-order valence-electron chi connectivity index (χ0n) is 5.70. The van der Waals surface area contributed by atoms with Crippen molar-refractivity contribution in [1.82, 2.24) is 0 Å². The molecule has 0 fully saturated rings. The number of halogens is 2. The monoisotopic (exact) mass is 300 g/mol. The Morgan fingerprint density at radius 2 is 2.20 bits per heavy atom.